The predicted molar refractivity (Wildman–Crippen MR) is 91.2 cm³/mol. The molecule has 0 unspecified atom stereocenters. The van der Waals surface area contributed by atoms with Crippen molar-refractivity contribution in [3.05, 3.63) is 22.7 Å². The Morgan fingerprint density at radius 1 is 1.30 bits per heavy atom. The van der Waals surface area contributed by atoms with Crippen LogP contribution in [0.5, 0.6) is 5.75 Å². The number of ether oxygens (including phenoxy) is 1. The largest absolute Gasteiger partial charge is 0.495 e. The van der Waals surface area contributed by atoms with Crippen LogP contribution < -0.4 is 9.64 Å². The fraction of sp³-hybridized carbons (Fsp3) is 0.529. The molecule has 1 saturated heterocycles. The zero-order valence-corrected chi connectivity index (χ0v) is 14.7. The lowest BCUT2D eigenvalue weighted by molar-refractivity contribution is -0.129. The van der Waals surface area contributed by atoms with Gasteiger partial charge in [-0.05, 0) is 31.4 Å². The number of aryl methyl sites for hydroxylation is 1. The van der Waals surface area contributed by atoms with Crippen LogP contribution in [-0.2, 0) is 9.59 Å². The lowest BCUT2D eigenvalue weighted by Gasteiger charge is -2.25. The summed E-state index contributed by atoms with van der Waals surface area (Å²) < 4.78 is 5.35. The molecule has 5 nitrogen and oxygen atoms in total. The van der Waals surface area contributed by atoms with Gasteiger partial charge in [-0.15, -0.1) is 0 Å². The maximum atomic E-state index is 12.2. The average Bonchev–Trinajstić information content (AvgIpc) is 3.04. The fourth-order valence-electron chi connectivity index (χ4n) is 2.80. The number of likely N-dealkylation sites (tertiary alicyclic amines) is 1. The molecular formula is C17H23ClN2O3. The predicted octanol–water partition coefficient (Wildman–Crippen LogP) is 3.02. The van der Waals surface area contributed by atoms with Gasteiger partial charge < -0.3 is 14.5 Å². The van der Waals surface area contributed by atoms with E-state index in [2.05, 4.69) is 0 Å². The van der Waals surface area contributed by atoms with E-state index in [1.54, 1.807) is 11.0 Å². The second-order valence-corrected chi connectivity index (χ2v) is 6.19. The maximum absolute atomic E-state index is 12.2. The van der Waals surface area contributed by atoms with Crippen LogP contribution in [0.3, 0.4) is 0 Å². The van der Waals surface area contributed by atoms with E-state index in [0.717, 1.165) is 31.5 Å². The molecule has 2 amide bonds. The van der Waals surface area contributed by atoms with Crippen molar-refractivity contribution in [3.8, 4) is 5.75 Å². The second kappa shape index (κ2) is 7.68. The molecule has 1 fully saturated rings. The molecular weight excluding hydrogens is 316 g/mol. The summed E-state index contributed by atoms with van der Waals surface area (Å²) in [5, 5.41) is 0.585. The summed E-state index contributed by atoms with van der Waals surface area (Å²) in [5.74, 6) is 0.502. The van der Waals surface area contributed by atoms with Gasteiger partial charge in [0.15, 0.2) is 0 Å². The average molecular weight is 339 g/mol. The summed E-state index contributed by atoms with van der Waals surface area (Å²) >= 11 is 6.12. The Morgan fingerprint density at radius 3 is 2.52 bits per heavy atom. The van der Waals surface area contributed by atoms with Crippen molar-refractivity contribution in [2.45, 2.75) is 33.1 Å². The molecule has 0 radical (unpaired) electrons. The molecule has 0 spiro atoms. The molecule has 0 aromatic heterocycles. The molecule has 1 aliphatic heterocycles. The lowest BCUT2D eigenvalue weighted by atomic mass is 10.1. The smallest absolute Gasteiger partial charge is 0.224 e. The number of halogens is 1. The quantitative estimate of drug-likeness (QED) is 0.829. The van der Waals surface area contributed by atoms with Crippen molar-refractivity contribution >= 4 is 29.1 Å². The highest BCUT2D eigenvalue weighted by Gasteiger charge is 2.22. The van der Waals surface area contributed by atoms with E-state index in [4.69, 9.17) is 16.3 Å². The van der Waals surface area contributed by atoms with Crippen LogP contribution in [0.2, 0.25) is 5.02 Å². The van der Waals surface area contributed by atoms with E-state index >= 15 is 0 Å². The van der Waals surface area contributed by atoms with Gasteiger partial charge in [0.25, 0.3) is 0 Å². The Labute approximate surface area is 142 Å². The van der Waals surface area contributed by atoms with Crippen LogP contribution in [0.25, 0.3) is 0 Å². The fourth-order valence-corrected chi connectivity index (χ4v) is 2.96. The summed E-state index contributed by atoms with van der Waals surface area (Å²) in [6.45, 7) is 5.34. The van der Waals surface area contributed by atoms with Gasteiger partial charge in [-0.1, -0.05) is 11.6 Å². The maximum Gasteiger partial charge on any atom is 0.224 e. The van der Waals surface area contributed by atoms with Gasteiger partial charge in [-0.2, -0.15) is 0 Å². The van der Waals surface area contributed by atoms with Gasteiger partial charge in [0, 0.05) is 44.1 Å². The van der Waals surface area contributed by atoms with E-state index < -0.39 is 0 Å². The first-order valence-electron chi connectivity index (χ1n) is 7.84. The van der Waals surface area contributed by atoms with Crippen molar-refractivity contribution in [1.29, 1.82) is 0 Å². The first kappa shape index (κ1) is 17.6. The summed E-state index contributed by atoms with van der Waals surface area (Å²) in [5.41, 5.74) is 1.51. The van der Waals surface area contributed by atoms with Gasteiger partial charge in [0.05, 0.1) is 12.8 Å². The zero-order valence-electron chi connectivity index (χ0n) is 13.9. The Bertz CT molecular complexity index is 598. The Balaban J connectivity index is 2.16. The van der Waals surface area contributed by atoms with Gasteiger partial charge in [-0.3, -0.25) is 9.59 Å². The number of benzene rings is 1. The molecule has 1 aromatic carbocycles. The molecule has 126 valence electrons. The minimum absolute atomic E-state index is 0.0957. The van der Waals surface area contributed by atoms with Crippen molar-refractivity contribution in [2.75, 3.05) is 31.6 Å². The third-order valence-electron chi connectivity index (χ3n) is 4.14. The summed E-state index contributed by atoms with van der Waals surface area (Å²) in [4.78, 5) is 27.7. The summed E-state index contributed by atoms with van der Waals surface area (Å²) in [6, 6.07) is 3.52. The molecule has 23 heavy (non-hydrogen) atoms. The van der Waals surface area contributed by atoms with E-state index in [1.807, 2.05) is 17.9 Å². The van der Waals surface area contributed by atoms with Gasteiger partial charge >= 0.3 is 0 Å². The number of carbonyl (C=O) groups is 2. The molecule has 0 bridgehead atoms. The van der Waals surface area contributed by atoms with E-state index in [1.165, 1.54) is 14.0 Å². The molecule has 0 aliphatic carbocycles. The monoisotopic (exact) mass is 338 g/mol. The van der Waals surface area contributed by atoms with Crippen LogP contribution in [0.1, 0.15) is 31.7 Å². The first-order valence-corrected chi connectivity index (χ1v) is 8.22. The highest BCUT2D eigenvalue weighted by Crippen LogP contribution is 2.34. The number of hydrogen-bond donors (Lipinski definition) is 0. The Hall–Kier alpha value is -1.75. The lowest BCUT2D eigenvalue weighted by Crippen LogP contribution is -2.35. The number of hydrogen-bond acceptors (Lipinski definition) is 3. The second-order valence-electron chi connectivity index (χ2n) is 5.78. The molecule has 1 aliphatic rings. The van der Waals surface area contributed by atoms with Gasteiger partial charge in [-0.25, -0.2) is 0 Å². The van der Waals surface area contributed by atoms with E-state index in [0.29, 0.717) is 29.4 Å². The molecule has 2 rings (SSSR count). The standard InChI is InChI=1S/C17H23ClN2O3/c1-12-10-15(16(23-3)11-14(12)18)20(13(2)21)9-6-17(22)19-7-4-5-8-19/h10-11H,4-9H2,1-3H3. The number of amides is 2. The highest BCUT2D eigenvalue weighted by molar-refractivity contribution is 6.31. The van der Waals surface area contributed by atoms with Gasteiger partial charge in [0.1, 0.15) is 5.75 Å². The molecule has 1 heterocycles. The van der Waals surface area contributed by atoms with Crippen molar-refractivity contribution in [2.24, 2.45) is 0 Å². The minimum atomic E-state index is -0.126. The molecule has 1 aromatic rings. The van der Waals surface area contributed by atoms with E-state index in [9.17, 15) is 9.59 Å². The number of methoxy groups -OCH3 is 1. The molecule has 6 heteroatoms. The van der Waals surface area contributed by atoms with Crippen LogP contribution in [0.4, 0.5) is 5.69 Å². The van der Waals surface area contributed by atoms with Crippen LogP contribution >= 0.6 is 11.6 Å². The number of nitrogens with zero attached hydrogens (tertiary/aromatic N) is 2. The first-order chi connectivity index (χ1) is 10.9. The van der Waals surface area contributed by atoms with Crippen LogP contribution in [0.15, 0.2) is 12.1 Å². The SMILES string of the molecule is COc1cc(Cl)c(C)cc1N(CCC(=O)N1CCCC1)C(C)=O. The minimum Gasteiger partial charge on any atom is -0.495 e. The zero-order chi connectivity index (χ0) is 17.0. The molecule has 0 N–H and O–H groups in total. The molecule has 0 atom stereocenters. The summed E-state index contributed by atoms with van der Waals surface area (Å²) in [6.07, 6.45) is 2.43. The van der Waals surface area contributed by atoms with Crippen molar-refractivity contribution in [3.63, 3.8) is 0 Å². The van der Waals surface area contributed by atoms with Crippen LogP contribution in [-0.4, -0.2) is 43.5 Å². The highest BCUT2D eigenvalue weighted by atomic mass is 35.5. The number of rotatable bonds is 5. The van der Waals surface area contributed by atoms with Crippen molar-refractivity contribution < 1.29 is 14.3 Å². The van der Waals surface area contributed by atoms with E-state index in [-0.39, 0.29) is 11.8 Å². The topological polar surface area (TPSA) is 49.9 Å². The summed E-state index contributed by atoms with van der Waals surface area (Å²) in [7, 11) is 1.54. The normalized spacial score (nSPS) is 14.0. The Morgan fingerprint density at radius 2 is 1.96 bits per heavy atom. The van der Waals surface area contributed by atoms with Crippen molar-refractivity contribution in [1.82, 2.24) is 4.90 Å². The third kappa shape index (κ3) is 4.16. The molecule has 0 saturated carbocycles. The Kier molecular flexibility index (Phi) is 5.88. The van der Waals surface area contributed by atoms with Crippen LogP contribution in [0, 0.1) is 6.92 Å². The number of anilines is 1. The van der Waals surface area contributed by atoms with Gasteiger partial charge in [0.2, 0.25) is 11.8 Å². The number of carbonyl (C=O) groups excluding carboxylic acids is 2. The third-order valence-corrected chi connectivity index (χ3v) is 4.55.